The summed E-state index contributed by atoms with van der Waals surface area (Å²) in [6.45, 7) is 2.03. The second-order valence-corrected chi connectivity index (χ2v) is 5.63. The summed E-state index contributed by atoms with van der Waals surface area (Å²) in [5.41, 5.74) is 6.30. The first-order valence-electron chi connectivity index (χ1n) is 5.64. The Hall–Kier alpha value is -0.290. The second-order valence-electron chi connectivity index (χ2n) is 4.02. The quantitative estimate of drug-likeness (QED) is 0.779. The van der Waals surface area contributed by atoms with Crippen molar-refractivity contribution >= 4 is 50.7 Å². The van der Waals surface area contributed by atoms with Crippen molar-refractivity contribution in [3.05, 3.63) is 26.7 Å². The third kappa shape index (κ3) is 4.43. The summed E-state index contributed by atoms with van der Waals surface area (Å²) < 4.78 is 0.690. The molecule has 1 atom stereocenters. The zero-order valence-electron chi connectivity index (χ0n) is 9.97. The molecule has 0 saturated heterocycles. The van der Waals surface area contributed by atoms with Crippen LogP contribution in [0.4, 0.5) is 5.69 Å². The second kappa shape index (κ2) is 7.34. The van der Waals surface area contributed by atoms with Gasteiger partial charge >= 0.3 is 0 Å². The van der Waals surface area contributed by atoms with Crippen molar-refractivity contribution in [1.29, 1.82) is 0 Å². The zero-order valence-corrected chi connectivity index (χ0v) is 13.1. The molecule has 0 aliphatic carbocycles. The number of hydrogen-bond acceptors (Lipinski definition) is 2. The maximum absolute atomic E-state index is 11.7. The molecule has 0 aromatic heterocycles. The number of rotatable bonds is 5. The molecule has 0 aliphatic rings. The monoisotopic (exact) mass is 352 g/mol. The molecule has 18 heavy (non-hydrogen) atoms. The predicted molar refractivity (Wildman–Crippen MR) is 80.3 cm³/mol. The molecule has 0 fully saturated rings. The van der Waals surface area contributed by atoms with Crippen LogP contribution in [0.3, 0.4) is 0 Å². The average molecular weight is 354 g/mol. The van der Waals surface area contributed by atoms with Gasteiger partial charge in [0.2, 0.25) is 5.91 Å². The highest BCUT2D eigenvalue weighted by Crippen LogP contribution is 2.35. The molecule has 1 amide bonds. The topological polar surface area (TPSA) is 55.1 Å². The van der Waals surface area contributed by atoms with Crippen molar-refractivity contribution in [2.75, 3.05) is 5.32 Å². The fourth-order valence-corrected chi connectivity index (χ4v) is 2.36. The molecule has 1 aromatic carbocycles. The summed E-state index contributed by atoms with van der Waals surface area (Å²) in [4.78, 5) is 11.7. The molecule has 0 bridgehead atoms. The van der Waals surface area contributed by atoms with Crippen LogP contribution < -0.4 is 11.1 Å². The van der Waals surface area contributed by atoms with Gasteiger partial charge in [-0.1, -0.05) is 36.5 Å². The van der Waals surface area contributed by atoms with Crippen molar-refractivity contribution in [1.82, 2.24) is 0 Å². The Labute approximate surface area is 125 Å². The molecule has 3 N–H and O–H groups in total. The molecule has 1 unspecified atom stereocenters. The van der Waals surface area contributed by atoms with Gasteiger partial charge < -0.3 is 11.1 Å². The van der Waals surface area contributed by atoms with Gasteiger partial charge in [0.25, 0.3) is 0 Å². The lowest BCUT2D eigenvalue weighted by atomic mass is 10.1. The maximum atomic E-state index is 11.7. The Morgan fingerprint density at radius 2 is 2.11 bits per heavy atom. The smallest absolute Gasteiger partial charge is 0.225 e. The van der Waals surface area contributed by atoms with E-state index in [2.05, 4.69) is 21.2 Å². The fourth-order valence-electron chi connectivity index (χ4n) is 1.53. The molecule has 100 valence electrons. The highest BCUT2D eigenvalue weighted by atomic mass is 79.9. The van der Waals surface area contributed by atoms with Gasteiger partial charge in [0.05, 0.1) is 15.7 Å². The van der Waals surface area contributed by atoms with E-state index in [1.165, 1.54) is 0 Å². The molecule has 0 aliphatic heterocycles. The Morgan fingerprint density at radius 1 is 1.44 bits per heavy atom. The minimum Gasteiger partial charge on any atom is -0.327 e. The van der Waals surface area contributed by atoms with Crippen LogP contribution in [0, 0.1) is 0 Å². The third-order valence-corrected chi connectivity index (χ3v) is 4.19. The lowest BCUT2D eigenvalue weighted by Gasteiger charge is -2.12. The fraction of sp³-hybridized carbons (Fsp3) is 0.417. The van der Waals surface area contributed by atoms with Gasteiger partial charge in [0.15, 0.2) is 0 Å². The van der Waals surface area contributed by atoms with E-state index in [9.17, 15) is 4.79 Å². The Bertz CT molecular complexity index is 440. The minimum absolute atomic E-state index is 0.125. The first-order chi connectivity index (χ1) is 8.45. The van der Waals surface area contributed by atoms with Crippen molar-refractivity contribution in [2.24, 2.45) is 5.73 Å². The number of anilines is 1. The molecular formula is C12H15BrCl2N2O. The van der Waals surface area contributed by atoms with Gasteiger partial charge in [-0.15, -0.1) is 0 Å². The number of amides is 1. The Kier molecular flexibility index (Phi) is 6.43. The van der Waals surface area contributed by atoms with E-state index in [-0.39, 0.29) is 18.4 Å². The van der Waals surface area contributed by atoms with Crippen LogP contribution in [0.2, 0.25) is 10.0 Å². The van der Waals surface area contributed by atoms with Gasteiger partial charge in [0, 0.05) is 16.9 Å². The molecule has 0 radical (unpaired) electrons. The SMILES string of the molecule is CCCC(N)CC(=O)Nc1ccc(Br)c(Cl)c1Cl. The largest absolute Gasteiger partial charge is 0.327 e. The average Bonchev–Trinajstić information content (AvgIpc) is 2.30. The zero-order chi connectivity index (χ0) is 13.7. The van der Waals surface area contributed by atoms with E-state index in [0.29, 0.717) is 20.2 Å². The van der Waals surface area contributed by atoms with Gasteiger partial charge in [-0.2, -0.15) is 0 Å². The van der Waals surface area contributed by atoms with Crippen molar-refractivity contribution < 1.29 is 4.79 Å². The van der Waals surface area contributed by atoms with Gasteiger partial charge in [-0.25, -0.2) is 0 Å². The number of carbonyl (C=O) groups is 1. The van der Waals surface area contributed by atoms with E-state index in [0.717, 1.165) is 12.8 Å². The molecule has 1 aromatic rings. The van der Waals surface area contributed by atoms with E-state index in [4.69, 9.17) is 28.9 Å². The van der Waals surface area contributed by atoms with Gasteiger partial charge in [0.1, 0.15) is 0 Å². The Morgan fingerprint density at radius 3 is 2.72 bits per heavy atom. The van der Waals surface area contributed by atoms with Crippen LogP contribution in [0.5, 0.6) is 0 Å². The van der Waals surface area contributed by atoms with E-state index in [1.54, 1.807) is 12.1 Å². The lowest BCUT2D eigenvalue weighted by molar-refractivity contribution is -0.116. The number of carbonyl (C=O) groups excluding carboxylic acids is 1. The summed E-state index contributed by atoms with van der Waals surface area (Å²) in [5.74, 6) is -0.156. The molecule has 1 rings (SSSR count). The van der Waals surface area contributed by atoms with E-state index >= 15 is 0 Å². The van der Waals surface area contributed by atoms with Crippen LogP contribution >= 0.6 is 39.1 Å². The Balaban J connectivity index is 2.68. The lowest BCUT2D eigenvalue weighted by Crippen LogP contribution is -2.26. The molecule has 0 heterocycles. The first-order valence-corrected chi connectivity index (χ1v) is 7.19. The summed E-state index contributed by atoms with van der Waals surface area (Å²) in [6.07, 6.45) is 2.05. The summed E-state index contributed by atoms with van der Waals surface area (Å²) in [5, 5.41) is 3.42. The van der Waals surface area contributed by atoms with Crippen LogP contribution in [0.25, 0.3) is 0 Å². The standard InChI is InChI=1S/C12H15BrCl2N2O/c1-2-3-7(16)6-10(18)17-9-5-4-8(13)11(14)12(9)15/h4-5,7H,2-3,6,16H2,1H3,(H,17,18). The van der Waals surface area contributed by atoms with Crippen molar-refractivity contribution in [2.45, 2.75) is 32.2 Å². The highest BCUT2D eigenvalue weighted by Gasteiger charge is 2.13. The molecule has 3 nitrogen and oxygen atoms in total. The third-order valence-electron chi connectivity index (χ3n) is 2.42. The normalized spacial score (nSPS) is 12.3. The maximum Gasteiger partial charge on any atom is 0.225 e. The summed E-state index contributed by atoms with van der Waals surface area (Å²) in [6, 6.07) is 3.30. The van der Waals surface area contributed by atoms with Crippen LogP contribution in [0.15, 0.2) is 16.6 Å². The van der Waals surface area contributed by atoms with Gasteiger partial charge in [-0.05, 0) is 34.5 Å². The van der Waals surface area contributed by atoms with E-state index in [1.807, 2.05) is 6.92 Å². The highest BCUT2D eigenvalue weighted by molar-refractivity contribution is 9.10. The molecule has 0 saturated carbocycles. The van der Waals surface area contributed by atoms with Crippen molar-refractivity contribution in [3.8, 4) is 0 Å². The number of hydrogen-bond donors (Lipinski definition) is 2. The van der Waals surface area contributed by atoms with Gasteiger partial charge in [-0.3, -0.25) is 4.79 Å². The molecule has 0 spiro atoms. The van der Waals surface area contributed by atoms with Crippen LogP contribution in [0.1, 0.15) is 26.2 Å². The first kappa shape index (κ1) is 15.8. The minimum atomic E-state index is -0.156. The molecular weight excluding hydrogens is 339 g/mol. The molecule has 6 heteroatoms. The van der Waals surface area contributed by atoms with Crippen LogP contribution in [-0.4, -0.2) is 11.9 Å². The number of nitrogens with two attached hydrogens (primary N) is 1. The summed E-state index contributed by atoms with van der Waals surface area (Å²) in [7, 11) is 0. The van der Waals surface area contributed by atoms with Crippen molar-refractivity contribution in [3.63, 3.8) is 0 Å². The number of nitrogens with one attached hydrogen (secondary N) is 1. The van der Waals surface area contributed by atoms with E-state index < -0.39 is 0 Å². The number of benzene rings is 1. The number of halogens is 3. The van der Waals surface area contributed by atoms with Crippen LogP contribution in [-0.2, 0) is 4.79 Å². The summed E-state index contributed by atoms with van der Waals surface area (Å²) >= 11 is 15.3. The predicted octanol–water partition coefficient (Wildman–Crippen LogP) is 4.21.